The smallest absolute Gasteiger partial charge is 0.261 e. The molecule has 3 rings (SSSR count). The van der Waals surface area contributed by atoms with Crippen molar-refractivity contribution < 1.29 is 9.09 Å². The van der Waals surface area contributed by atoms with Crippen LogP contribution in [-0.2, 0) is 9.09 Å². The Morgan fingerprint density at radius 3 is 2.00 bits per heavy atom. The van der Waals surface area contributed by atoms with Gasteiger partial charge in [0.15, 0.2) is 0 Å². The van der Waals surface area contributed by atoms with Crippen LogP contribution in [0.15, 0.2) is 84.9 Å². The van der Waals surface area contributed by atoms with Crippen molar-refractivity contribution in [3.05, 3.63) is 84.9 Å². The first-order chi connectivity index (χ1) is 11.7. The fraction of sp³-hybridized carbons (Fsp3) is 0.143. The molecule has 1 atom stereocenters. The number of benzene rings is 3. The van der Waals surface area contributed by atoms with Gasteiger partial charge in [-0.05, 0) is 41.8 Å². The van der Waals surface area contributed by atoms with Crippen molar-refractivity contribution in [2.45, 2.75) is 13.3 Å². The maximum Gasteiger partial charge on any atom is 0.261 e. The Labute approximate surface area is 143 Å². The van der Waals surface area contributed by atoms with E-state index in [1.54, 1.807) is 0 Å². The van der Waals surface area contributed by atoms with Gasteiger partial charge in [0.25, 0.3) is 7.37 Å². The van der Waals surface area contributed by atoms with Crippen molar-refractivity contribution >= 4 is 18.0 Å². The van der Waals surface area contributed by atoms with Crippen molar-refractivity contribution in [2.75, 3.05) is 6.61 Å². The second-order valence-electron chi connectivity index (χ2n) is 5.64. The van der Waals surface area contributed by atoms with Gasteiger partial charge in [-0.25, -0.2) is 0 Å². The molecule has 0 fully saturated rings. The van der Waals surface area contributed by atoms with Crippen LogP contribution in [0.25, 0.3) is 11.1 Å². The first-order valence-electron chi connectivity index (χ1n) is 8.20. The van der Waals surface area contributed by atoms with Crippen molar-refractivity contribution in [1.82, 2.24) is 0 Å². The lowest BCUT2D eigenvalue weighted by Crippen LogP contribution is -2.18. The molecule has 1 unspecified atom stereocenters. The highest BCUT2D eigenvalue weighted by atomic mass is 31.2. The Hall–Kier alpha value is -2.15. The molecule has 24 heavy (non-hydrogen) atoms. The minimum absolute atomic E-state index is 0.474. The molecule has 0 heterocycles. The van der Waals surface area contributed by atoms with Crippen molar-refractivity contribution in [3.63, 3.8) is 0 Å². The maximum absolute atomic E-state index is 13.7. The third-order valence-electron chi connectivity index (χ3n) is 3.87. The summed E-state index contributed by atoms with van der Waals surface area (Å²) in [4.78, 5) is 0. The van der Waals surface area contributed by atoms with E-state index in [0.717, 1.165) is 28.2 Å². The zero-order valence-corrected chi connectivity index (χ0v) is 14.7. The van der Waals surface area contributed by atoms with E-state index in [0.29, 0.717) is 6.61 Å². The molecule has 3 aromatic rings. The van der Waals surface area contributed by atoms with Gasteiger partial charge in [0.05, 0.1) is 6.61 Å². The lowest BCUT2D eigenvalue weighted by atomic mass is 10.1. The predicted octanol–water partition coefficient (Wildman–Crippen LogP) is 5.01. The summed E-state index contributed by atoms with van der Waals surface area (Å²) in [6, 6.07) is 27.5. The van der Waals surface area contributed by atoms with Crippen LogP contribution in [0, 0.1) is 0 Å². The number of rotatable bonds is 6. The molecular formula is C21H21O2P. The molecule has 0 aliphatic carbocycles. The van der Waals surface area contributed by atoms with Crippen molar-refractivity contribution in [2.24, 2.45) is 0 Å². The zero-order valence-electron chi connectivity index (χ0n) is 13.8. The van der Waals surface area contributed by atoms with Crippen LogP contribution >= 0.6 is 7.37 Å². The molecule has 0 bridgehead atoms. The van der Waals surface area contributed by atoms with Crippen LogP contribution in [0.5, 0.6) is 0 Å². The maximum atomic E-state index is 13.7. The highest BCUT2D eigenvalue weighted by molar-refractivity contribution is 7.74. The largest absolute Gasteiger partial charge is 0.322 e. The summed E-state index contributed by atoms with van der Waals surface area (Å²) >= 11 is 0. The zero-order chi connectivity index (χ0) is 16.8. The van der Waals surface area contributed by atoms with Gasteiger partial charge >= 0.3 is 0 Å². The molecule has 0 saturated carbocycles. The van der Waals surface area contributed by atoms with Gasteiger partial charge in [0.1, 0.15) is 0 Å². The third kappa shape index (κ3) is 3.51. The highest BCUT2D eigenvalue weighted by Crippen LogP contribution is 2.45. The average molecular weight is 336 g/mol. The molecule has 0 aliphatic rings. The van der Waals surface area contributed by atoms with Gasteiger partial charge in [-0.2, -0.15) is 0 Å². The first-order valence-corrected chi connectivity index (χ1v) is 9.83. The summed E-state index contributed by atoms with van der Waals surface area (Å²) in [7, 11) is -3.09. The second-order valence-corrected chi connectivity index (χ2v) is 8.03. The summed E-state index contributed by atoms with van der Waals surface area (Å²) in [5.74, 6) is 0. The van der Waals surface area contributed by atoms with Gasteiger partial charge in [-0.1, -0.05) is 67.6 Å². The average Bonchev–Trinajstić information content (AvgIpc) is 2.67. The summed E-state index contributed by atoms with van der Waals surface area (Å²) in [5, 5.41) is 1.48. The molecule has 3 heteroatoms. The van der Waals surface area contributed by atoms with E-state index in [-0.39, 0.29) is 0 Å². The topological polar surface area (TPSA) is 26.3 Å². The van der Waals surface area contributed by atoms with Crippen LogP contribution in [0.3, 0.4) is 0 Å². The van der Waals surface area contributed by atoms with Crippen LogP contribution in [0.4, 0.5) is 0 Å². The first kappa shape index (κ1) is 16.7. The molecule has 2 nitrogen and oxygen atoms in total. The fourth-order valence-electron chi connectivity index (χ4n) is 2.64. The minimum atomic E-state index is -3.09. The minimum Gasteiger partial charge on any atom is -0.322 e. The van der Waals surface area contributed by atoms with E-state index in [4.69, 9.17) is 4.52 Å². The van der Waals surface area contributed by atoms with Gasteiger partial charge in [-0.15, -0.1) is 0 Å². The van der Waals surface area contributed by atoms with Crippen LogP contribution in [-0.4, -0.2) is 6.61 Å². The van der Waals surface area contributed by atoms with E-state index in [1.807, 2.05) is 79.7 Å². The predicted molar refractivity (Wildman–Crippen MR) is 101 cm³/mol. The quantitative estimate of drug-likeness (QED) is 0.592. The summed E-state index contributed by atoms with van der Waals surface area (Å²) in [6.45, 7) is 2.50. The number of hydrogen-bond donors (Lipinski definition) is 0. The van der Waals surface area contributed by atoms with Gasteiger partial charge < -0.3 is 4.52 Å². The molecule has 122 valence electrons. The molecule has 0 aliphatic heterocycles. The van der Waals surface area contributed by atoms with E-state index < -0.39 is 7.37 Å². The normalized spacial score (nSPS) is 13.4. The molecule has 0 aromatic heterocycles. The van der Waals surface area contributed by atoms with E-state index in [2.05, 4.69) is 12.1 Å². The van der Waals surface area contributed by atoms with E-state index in [9.17, 15) is 4.57 Å². The molecule has 3 aromatic carbocycles. The third-order valence-corrected chi connectivity index (χ3v) is 6.35. The van der Waals surface area contributed by atoms with Gasteiger partial charge in [-0.3, -0.25) is 4.57 Å². The lowest BCUT2D eigenvalue weighted by molar-refractivity contribution is 0.326. The van der Waals surface area contributed by atoms with Gasteiger partial charge in [0.2, 0.25) is 0 Å². The Bertz CT molecular complexity index is 829. The van der Waals surface area contributed by atoms with Crippen molar-refractivity contribution in [1.29, 1.82) is 0 Å². The molecule has 0 amide bonds. The van der Waals surface area contributed by atoms with Crippen molar-refractivity contribution in [3.8, 4) is 11.1 Å². The van der Waals surface area contributed by atoms with Gasteiger partial charge in [0, 0.05) is 10.6 Å². The second kappa shape index (κ2) is 7.61. The molecule has 0 N–H and O–H groups in total. The summed E-state index contributed by atoms with van der Waals surface area (Å²) in [6.07, 6.45) is 0.829. The number of hydrogen-bond acceptors (Lipinski definition) is 2. The van der Waals surface area contributed by atoms with Crippen LogP contribution in [0.2, 0.25) is 0 Å². The van der Waals surface area contributed by atoms with E-state index in [1.165, 1.54) is 0 Å². The van der Waals surface area contributed by atoms with Crippen LogP contribution in [0.1, 0.15) is 13.3 Å². The molecule has 0 radical (unpaired) electrons. The Morgan fingerprint density at radius 1 is 0.750 bits per heavy atom. The molecule has 0 spiro atoms. The monoisotopic (exact) mass is 336 g/mol. The highest BCUT2D eigenvalue weighted by Gasteiger charge is 2.28. The Kier molecular flexibility index (Phi) is 5.30. The summed E-state index contributed by atoms with van der Waals surface area (Å²) < 4.78 is 19.6. The molecule has 0 saturated heterocycles. The lowest BCUT2D eigenvalue weighted by Gasteiger charge is -2.20. The van der Waals surface area contributed by atoms with Crippen LogP contribution < -0.4 is 10.6 Å². The fourth-order valence-corrected chi connectivity index (χ4v) is 4.83. The SMILES string of the molecule is CCCOP(=O)(c1ccccc1)c1cccc(-c2ccccc2)c1. The molecular weight excluding hydrogens is 315 g/mol. The summed E-state index contributed by atoms with van der Waals surface area (Å²) in [5.41, 5.74) is 2.15. The van der Waals surface area contributed by atoms with E-state index >= 15 is 0 Å². The Balaban J connectivity index is 2.07. The standard InChI is InChI=1S/C21H21O2P/c1-2-16-23-24(22,20-13-7-4-8-14-20)21-15-9-12-19(17-21)18-10-5-3-6-11-18/h3-15,17H,2,16H2,1H3. The Morgan fingerprint density at radius 2 is 1.33 bits per heavy atom.